The highest BCUT2D eigenvalue weighted by Gasteiger charge is 2.18. The molecule has 28 heavy (non-hydrogen) atoms. The predicted molar refractivity (Wildman–Crippen MR) is 117 cm³/mol. The maximum absolute atomic E-state index is 11.7. The molecule has 0 spiro atoms. The first-order valence-corrected chi connectivity index (χ1v) is 12.4. The van der Waals surface area contributed by atoms with Crippen molar-refractivity contribution in [1.82, 2.24) is 5.06 Å². The third-order valence-corrected chi connectivity index (χ3v) is 5.78. The van der Waals surface area contributed by atoms with Gasteiger partial charge >= 0.3 is 6.16 Å². The summed E-state index contributed by atoms with van der Waals surface area (Å²) in [4.78, 5) is 16.9. The Morgan fingerprint density at radius 2 is 1.18 bits per heavy atom. The molecule has 166 valence electrons. The summed E-state index contributed by atoms with van der Waals surface area (Å²) in [5.41, 5.74) is 0. The van der Waals surface area contributed by atoms with Crippen molar-refractivity contribution in [2.75, 3.05) is 13.1 Å². The van der Waals surface area contributed by atoms with Crippen LogP contribution in [0.4, 0.5) is 4.79 Å². The van der Waals surface area contributed by atoms with E-state index in [1.807, 2.05) is 6.92 Å². The minimum absolute atomic E-state index is 0.0444. The number of nitrogens with zero attached hydrogens (tertiary/aromatic N) is 1. The Balaban J connectivity index is 1.76. The predicted octanol–water partition coefficient (Wildman–Crippen LogP) is 7.80. The minimum Gasteiger partial charge on any atom is -0.430 e. The van der Waals surface area contributed by atoms with Crippen LogP contribution in [0, 0.1) is 0 Å². The molecule has 4 nitrogen and oxygen atoms in total. The van der Waals surface area contributed by atoms with Gasteiger partial charge in [-0.25, -0.2) is 4.79 Å². The minimum atomic E-state index is -0.532. The zero-order chi connectivity index (χ0) is 20.3. The van der Waals surface area contributed by atoms with Gasteiger partial charge in [0.1, 0.15) is 6.10 Å². The first-order chi connectivity index (χ1) is 13.7. The van der Waals surface area contributed by atoms with Crippen LogP contribution in [0.1, 0.15) is 129 Å². The number of hydrogen-bond acceptors (Lipinski definition) is 4. The van der Waals surface area contributed by atoms with Gasteiger partial charge in [-0.1, -0.05) is 96.8 Å². The summed E-state index contributed by atoms with van der Waals surface area (Å²) in [6, 6.07) is 0. The Bertz CT molecular complexity index is 356. The maximum atomic E-state index is 11.7. The molecule has 1 aliphatic rings. The van der Waals surface area contributed by atoms with Crippen LogP contribution in [0.5, 0.6) is 0 Å². The van der Waals surface area contributed by atoms with Gasteiger partial charge < -0.3 is 9.57 Å². The van der Waals surface area contributed by atoms with E-state index in [1.165, 1.54) is 89.9 Å². The van der Waals surface area contributed by atoms with Gasteiger partial charge in [0.15, 0.2) is 0 Å². The van der Waals surface area contributed by atoms with Crippen molar-refractivity contribution < 1.29 is 14.4 Å². The molecule has 0 N–H and O–H groups in total. The number of hydroxylamine groups is 2. The van der Waals surface area contributed by atoms with E-state index in [-0.39, 0.29) is 6.10 Å². The molecular weight excluding hydrogens is 350 g/mol. The molecule has 0 radical (unpaired) electrons. The first-order valence-electron chi connectivity index (χ1n) is 12.4. The summed E-state index contributed by atoms with van der Waals surface area (Å²) < 4.78 is 5.33. The Morgan fingerprint density at radius 1 is 0.750 bits per heavy atom. The molecule has 1 atom stereocenters. The molecule has 0 aromatic heterocycles. The van der Waals surface area contributed by atoms with Crippen LogP contribution in [0.2, 0.25) is 0 Å². The lowest BCUT2D eigenvalue weighted by atomic mass is 10.0. The summed E-state index contributed by atoms with van der Waals surface area (Å²) in [7, 11) is 0. The molecule has 1 saturated heterocycles. The highest BCUT2D eigenvalue weighted by molar-refractivity contribution is 5.59. The lowest BCUT2D eigenvalue weighted by Gasteiger charge is -2.17. The Labute approximate surface area is 174 Å². The molecule has 1 heterocycles. The monoisotopic (exact) mass is 397 g/mol. The number of unbranched alkanes of at least 4 members (excludes halogenated alkanes) is 14. The average molecular weight is 398 g/mol. The molecule has 0 amide bonds. The van der Waals surface area contributed by atoms with E-state index in [9.17, 15) is 4.79 Å². The fraction of sp³-hybridized carbons (Fsp3) is 0.958. The summed E-state index contributed by atoms with van der Waals surface area (Å²) >= 11 is 0. The molecule has 0 aliphatic carbocycles. The summed E-state index contributed by atoms with van der Waals surface area (Å²) in [6.45, 7) is 5.92. The van der Waals surface area contributed by atoms with Crippen LogP contribution >= 0.6 is 0 Å². The topological polar surface area (TPSA) is 38.8 Å². The van der Waals surface area contributed by atoms with Crippen molar-refractivity contribution in [1.29, 1.82) is 0 Å². The average Bonchev–Trinajstić information content (AvgIpc) is 3.17. The Hall–Kier alpha value is -0.770. The van der Waals surface area contributed by atoms with Crippen LogP contribution in [0.15, 0.2) is 0 Å². The SMILES string of the molecule is CCCCCCCCCCCCCCCCCC(C)OC(=O)ON1CCCC1. The van der Waals surface area contributed by atoms with Crippen LogP contribution in [0.25, 0.3) is 0 Å². The molecule has 0 aromatic carbocycles. The van der Waals surface area contributed by atoms with Crippen molar-refractivity contribution in [2.24, 2.45) is 0 Å². The van der Waals surface area contributed by atoms with Crippen molar-refractivity contribution in [3.63, 3.8) is 0 Å². The van der Waals surface area contributed by atoms with Gasteiger partial charge in [0.2, 0.25) is 0 Å². The first kappa shape index (κ1) is 25.3. The lowest BCUT2D eigenvalue weighted by Crippen LogP contribution is -2.26. The van der Waals surface area contributed by atoms with Crippen LogP contribution in [-0.2, 0) is 9.57 Å². The molecule has 1 unspecified atom stereocenters. The van der Waals surface area contributed by atoms with Gasteiger partial charge in [0.05, 0.1) is 0 Å². The molecule has 0 aromatic rings. The van der Waals surface area contributed by atoms with Gasteiger partial charge in [0, 0.05) is 13.1 Å². The number of carbonyl (C=O) groups excluding carboxylic acids is 1. The number of carbonyl (C=O) groups is 1. The highest BCUT2D eigenvalue weighted by atomic mass is 16.8. The summed E-state index contributed by atoms with van der Waals surface area (Å²) in [6.07, 6.45) is 23.2. The number of rotatable bonds is 18. The highest BCUT2D eigenvalue weighted by Crippen LogP contribution is 2.15. The van der Waals surface area contributed by atoms with Gasteiger partial charge in [0.25, 0.3) is 0 Å². The quantitative estimate of drug-likeness (QED) is 0.175. The fourth-order valence-electron chi connectivity index (χ4n) is 3.93. The van der Waals surface area contributed by atoms with E-state index >= 15 is 0 Å². The van der Waals surface area contributed by atoms with Crippen LogP contribution in [-0.4, -0.2) is 30.4 Å². The van der Waals surface area contributed by atoms with E-state index in [1.54, 1.807) is 5.06 Å². The maximum Gasteiger partial charge on any atom is 0.528 e. The van der Waals surface area contributed by atoms with Gasteiger partial charge in [-0.15, -0.1) is 5.06 Å². The molecular formula is C24H47NO3. The van der Waals surface area contributed by atoms with Gasteiger partial charge in [-0.05, 0) is 32.6 Å². The second-order valence-corrected chi connectivity index (χ2v) is 8.64. The van der Waals surface area contributed by atoms with E-state index in [0.29, 0.717) is 0 Å². The molecule has 4 heteroatoms. The van der Waals surface area contributed by atoms with Crippen LogP contribution < -0.4 is 0 Å². The third kappa shape index (κ3) is 15.2. The van der Waals surface area contributed by atoms with Crippen molar-refractivity contribution in [2.45, 2.75) is 136 Å². The summed E-state index contributed by atoms with van der Waals surface area (Å²) in [5, 5.41) is 1.71. The number of hydrogen-bond donors (Lipinski definition) is 0. The number of ether oxygens (including phenoxy) is 1. The summed E-state index contributed by atoms with van der Waals surface area (Å²) in [5.74, 6) is 0. The molecule has 1 aliphatic heterocycles. The Morgan fingerprint density at radius 3 is 1.64 bits per heavy atom. The molecule has 1 fully saturated rings. The second kappa shape index (κ2) is 18.3. The standard InChI is InChI=1S/C24H47NO3/c1-3-4-5-6-7-8-9-10-11-12-13-14-15-16-17-20-23(2)27-24(26)28-25-21-18-19-22-25/h23H,3-22H2,1-2H3. The Kier molecular flexibility index (Phi) is 16.5. The van der Waals surface area contributed by atoms with Gasteiger partial charge in [-0.2, -0.15) is 0 Å². The molecule has 1 rings (SSSR count). The van der Waals surface area contributed by atoms with E-state index in [4.69, 9.17) is 9.57 Å². The zero-order valence-corrected chi connectivity index (χ0v) is 18.9. The van der Waals surface area contributed by atoms with Crippen LogP contribution in [0.3, 0.4) is 0 Å². The van der Waals surface area contributed by atoms with Crippen molar-refractivity contribution in [3.05, 3.63) is 0 Å². The largest absolute Gasteiger partial charge is 0.528 e. The van der Waals surface area contributed by atoms with E-state index in [2.05, 4.69) is 6.92 Å². The second-order valence-electron chi connectivity index (χ2n) is 8.64. The normalized spacial score (nSPS) is 15.6. The van der Waals surface area contributed by atoms with Gasteiger partial charge in [-0.3, -0.25) is 0 Å². The van der Waals surface area contributed by atoms with Crippen molar-refractivity contribution in [3.8, 4) is 0 Å². The molecule has 0 saturated carbocycles. The smallest absolute Gasteiger partial charge is 0.430 e. The lowest BCUT2D eigenvalue weighted by molar-refractivity contribution is -0.120. The zero-order valence-electron chi connectivity index (χ0n) is 18.9. The van der Waals surface area contributed by atoms with E-state index in [0.717, 1.165) is 38.8 Å². The van der Waals surface area contributed by atoms with E-state index < -0.39 is 6.16 Å². The molecule has 0 bridgehead atoms. The third-order valence-electron chi connectivity index (χ3n) is 5.78. The fourth-order valence-corrected chi connectivity index (χ4v) is 3.93. The van der Waals surface area contributed by atoms with Crippen molar-refractivity contribution >= 4 is 6.16 Å².